The molecule has 2 aromatic carbocycles. The van der Waals surface area contributed by atoms with Gasteiger partial charge in [-0.2, -0.15) is 4.31 Å². The number of halogens is 1. The smallest absolute Gasteiger partial charge is 0.410 e. The van der Waals surface area contributed by atoms with Crippen molar-refractivity contribution in [2.75, 3.05) is 26.7 Å². The average molecular weight is 554 g/mol. The second kappa shape index (κ2) is 11.1. The molecule has 186 valence electrons. The summed E-state index contributed by atoms with van der Waals surface area (Å²) in [5, 5.41) is 0. The largest absolute Gasteiger partial charge is 0.497 e. The number of methoxy groups -OCH3 is 1. The van der Waals surface area contributed by atoms with E-state index in [4.69, 9.17) is 9.47 Å². The van der Waals surface area contributed by atoms with Gasteiger partial charge in [0.05, 0.1) is 12.0 Å². The third kappa shape index (κ3) is 7.20. The van der Waals surface area contributed by atoms with Gasteiger partial charge in [-0.05, 0) is 81.5 Å². The summed E-state index contributed by atoms with van der Waals surface area (Å²) in [5.41, 5.74) is 0.342. The zero-order chi connectivity index (χ0) is 24.9. The molecule has 1 saturated heterocycles. The Bertz CT molecular complexity index is 1060. The fraction of sp³-hybridized carbons (Fsp3) is 0.480. The molecule has 0 aliphatic carbocycles. The first-order valence-electron chi connectivity index (χ1n) is 11.3. The molecule has 0 aromatic heterocycles. The maximum Gasteiger partial charge on any atom is 0.410 e. The number of nitrogens with zero attached hydrogens (tertiary/aromatic N) is 2. The summed E-state index contributed by atoms with van der Waals surface area (Å²) in [5.74, 6) is 0.864. The van der Waals surface area contributed by atoms with Crippen molar-refractivity contribution in [3.8, 4) is 5.75 Å². The number of carbonyl (C=O) groups is 1. The van der Waals surface area contributed by atoms with Crippen LogP contribution >= 0.6 is 15.9 Å². The van der Waals surface area contributed by atoms with Crippen LogP contribution in [0.25, 0.3) is 0 Å². The zero-order valence-corrected chi connectivity index (χ0v) is 22.6. The van der Waals surface area contributed by atoms with Gasteiger partial charge in [0.2, 0.25) is 10.0 Å². The molecule has 1 aliphatic rings. The lowest BCUT2D eigenvalue weighted by Gasteiger charge is -2.35. The van der Waals surface area contributed by atoms with Crippen molar-refractivity contribution in [2.24, 2.45) is 5.92 Å². The molecule has 1 fully saturated rings. The molecule has 9 heteroatoms. The highest BCUT2D eigenvalue weighted by molar-refractivity contribution is 9.10. The highest BCUT2D eigenvalue weighted by atomic mass is 79.9. The lowest BCUT2D eigenvalue weighted by Crippen LogP contribution is -2.44. The lowest BCUT2D eigenvalue weighted by molar-refractivity contribution is 0.0177. The topological polar surface area (TPSA) is 76.2 Å². The summed E-state index contributed by atoms with van der Waals surface area (Å²) in [6, 6.07) is 14.1. The molecule has 0 radical (unpaired) electrons. The lowest BCUT2D eigenvalue weighted by atomic mass is 9.97. The molecule has 7 nitrogen and oxygen atoms in total. The van der Waals surface area contributed by atoms with E-state index in [2.05, 4.69) is 15.9 Å². The molecule has 0 atom stereocenters. The Morgan fingerprint density at radius 3 is 2.18 bits per heavy atom. The Balaban J connectivity index is 1.75. The van der Waals surface area contributed by atoms with Crippen LogP contribution in [-0.2, 0) is 21.3 Å². The van der Waals surface area contributed by atoms with Gasteiger partial charge in [-0.15, -0.1) is 0 Å². The van der Waals surface area contributed by atoms with E-state index in [1.165, 1.54) is 0 Å². The van der Waals surface area contributed by atoms with E-state index in [0.29, 0.717) is 32.5 Å². The number of hydrogen-bond acceptors (Lipinski definition) is 5. The molecule has 0 unspecified atom stereocenters. The van der Waals surface area contributed by atoms with Crippen LogP contribution in [0, 0.1) is 5.92 Å². The molecule has 34 heavy (non-hydrogen) atoms. The number of carbonyl (C=O) groups excluding carboxylic acids is 1. The van der Waals surface area contributed by atoms with Gasteiger partial charge in [0, 0.05) is 30.7 Å². The van der Waals surface area contributed by atoms with Crippen molar-refractivity contribution >= 4 is 32.0 Å². The SMILES string of the molecule is COc1ccc(CN(CC2CCN(C(=O)OC(C)(C)C)CC2)S(=O)(=O)c2ccc(Br)cc2)cc1. The normalized spacial score (nSPS) is 15.4. The van der Waals surface area contributed by atoms with Crippen LogP contribution in [-0.4, -0.2) is 56.1 Å². The molecule has 0 spiro atoms. The molecular formula is C25H33BrN2O5S. The summed E-state index contributed by atoms with van der Waals surface area (Å²) >= 11 is 3.37. The molecule has 3 rings (SSSR count). The number of piperidine rings is 1. The minimum absolute atomic E-state index is 0.141. The van der Waals surface area contributed by atoms with Crippen LogP contribution in [0.3, 0.4) is 0 Å². The molecule has 1 amide bonds. The Morgan fingerprint density at radius 2 is 1.65 bits per heavy atom. The Kier molecular flexibility index (Phi) is 8.65. The Labute approximate surface area is 211 Å². The molecule has 0 saturated carbocycles. The second-order valence-electron chi connectivity index (χ2n) is 9.51. The fourth-order valence-corrected chi connectivity index (χ4v) is 5.62. The monoisotopic (exact) mass is 552 g/mol. The first kappa shape index (κ1) is 26.5. The maximum atomic E-state index is 13.6. The van der Waals surface area contributed by atoms with E-state index in [-0.39, 0.29) is 23.5 Å². The molecule has 1 heterocycles. The summed E-state index contributed by atoms with van der Waals surface area (Å²) in [4.78, 5) is 14.4. The fourth-order valence-electron chi connectivity index (χ4n) is 3.85. The Hall–Kier alpha value is -2.10. The third-order valence-corrected chi connectivity index (χ3v) is 8.05. The predicted octanol–water partition coefficient (Wildman–Crippen LogP) is 5.30. The number of hydrogen-bond donors (Lipinski definition) is 0. The summed E-state index contributed by atoms with van der Waals surface area (Å²) in [6.45, 7) is 7.29. The molecular weight excluding hydrogens is 520 g/mol. The van der Waals surface area contributed by atoms with E-state index in [9.17, 15) is 13.2 Å². The van der Waals surface area contributed by atoms with Gasteiger partial charge in [0.15, 0.2) is 0 Å². The van der Waals surface area contributed by atoms with Crippen LogP contribution < -0.4 is 4.74 Å². The van der Waals surface area contributed by atoms with Crippen LogP contribution in [0.5, 0.6) is 5.75 Å². The minimum atomic E-state index is -3.71. The van der Waals surface area contributed by atoms with Crippen LogP contribution in [0.2, 0.25) is 0 Å². The highest BCUT2D eigenvalue weighted by Crippen LogP contribution is 2.26. The summed E-state index contributed by atoms with van der Waals surface area (Å²) in [6.07, 6.45) is 1.12. The molecule has 0 N–H and O–H groups in total. The van der Waals surface area contributed by atoms with Gasteiger partial charge in [-0.25, -0.2) is 13.2 Å². The van der Waals surface area contributed by atoms with Gasteiger partial charge in [-0.3, -0.25) is 0 Å². The summed E-state index contributed by atoms with van der Waals surface area (Å²) in [7, 11) is -2.11. The number of rotatable bonds is 7. The first-order valence-corrected chi connectivity index (χ1v) is 13.6. The van der Waals surface area contributed by atoms with Gasteiger partial charge in [0.25, 0.3) is 0 Å². The van der Waals surface area contributed by atoms with Crippen LogP contribution in [0.4, 0.5) is 4.79 Å². The van der Waals surface area contributed by atoms with Gasteiger partial charge in [0.1, 0.15) is 11.4 Å². The zero-order valence-electron chi connectivity index (χ0n) is 20.2. The van der Waals surface area contributed by atoms with E-state index in [1.807, 2.05) is 45.0 Å². The van der Waals surface area contributed by atoms with E-state index >= 15 is 0 Å². The van der Waals surface area contributed by atoms with Gasteiger partial charge < -0.3 is 14.4 Å². The molecule has 0 bridgehead atoms. The van der Waals surface area contributed by atoms with E-state index < -0.39 is 15.6 Å². The van der Waals surface area contributed by atoms with Crippen molar-refractivity contribution in [2.45, 2.75) is 50.7 Å². The Morgan fingerprint density at radius 1 is 1.06 bits per heavy atom. The van der Waals surface area contributed by atoms with Gasteiger partial charge in [-0.1, -0.05) is 28.1 Å². The van der Waals surface area contributed by atoms with Crippen molar-refractivity contribution < 1.29 is 22.7 Å². The number of benzene rings is 2. The maximum absolute atomic E-state index is 13.6. The number of amides is 1. The average Bonchev–Trinajstić information content (AvgIpc) is 2.78. The molecule has 1 aliphatic heterocycles. The van der Waals surface area contributed by atoms with Crippen molar-refractivity contribution in [3.05, 3.63) is 58.6 Å². The van der Waals surface area contributed by atoms with E-state index in [1.54, 1.807) is 40.6 Å². The van der Waals surface area contributed by atoms with Crippen molar-refractivity contribution in [3.63, 3.8) is 0 Å². The highest BCUT2D eigenvalue weighted by Gasteiger charge is 2.31. The quantitative estimate of drug-likeness (QED) is 0.466. The first-order chi connectivity index (χ1) is 16.0. The number of ether oxygens (including phenoxy) is 2. The predicted molar refractivity (Wildman–Crippen MR) is 135 cm³/mol. The van der Waals surface area contributed by atoms with Crippen molar-refractivity contribution in [1.29, 1.82) is 0 Å². The number of sulfonamides is 1. The van der Waals surface area contributed by atoms with Crippen LogP contribution in [0.15, 0.2) is 57.9 Å². The second-order valence-corrected chi connectivity index (χ2v) is 12.4. The standard InChI is InChI=1S/C25H33BrN2O5S/c1-25(2,3)33-24(29)27-15-13-20(14-16-27)18-28(17-19-5-9-22(32-4)10-6-19)34(30,31)23-11-7-21(26)8-12-23/h5-12,20H,13-18H2,1-4H3. The number of likely N-dealkylation sites (tertiary alicyclic amines) is 1. The molecule has 2 aromatic rings. The third-order valence-electron chi connectivity index (χ3n) is 5.70. The van der Waals surface area contributed by atoms with Gasteiger partial charge >= 0.3 is 6.09 Å². The summed E-state index contributed by atoms with van der Waals surface area (Å²) < 4.78 is 40.2. The van der Waals surface area contributed by atoms with Crippen molar-refractivity contribution in [1.82, 2.24) is 9.21 Å². The minimum Gasteiger partial charge on any atom is -0.497 e. The van der Waals surface area contributed by atoms with E-state index in [0.717, 1.165) is 15.8 Å². The van der Waals surface area contributed by atoms with Crippen LogP contribution in [0.1, 0.15) is 39.2 Å².